The van der Waals surface area contributed by atoms with Crippen LogP contribution in [0.25, 0.3) is 0 Å². The molecule has 1 aliphatic rings. The number of rotatable bonds is 9. The molecule has 1 aromatic heterocycles. The summed E-state index contributed by atoms with van der Waals surface area (Å²) in [7, 11) is 0. The van der Waals surface area contributed by atoms with Crippen molar-refractivity contribution in [2.75, 3.05) is 5.88 Å². The van der Waals surface area contributed by atoms with Crippen molar-refractivity contribution in [1.82, 2.24) is 15.5 Å². The smallest absolute Gasteiger partial charge is 0.254 e. The number of hydrogen-bond donors (Lipinski definition) is 4. The van der Waals surface area contributed by atoms with Crippen LogP contribution in [0.5, 0.6) is 5.75 Å². The van der Waals surface area contributed by atoms with Crippen molar-refractivity contribution in [3.63, 3.8) is 0 Å². The second-order valence-corrected chi connectivity index (χ2v) is 12.1. The van der Waals surface area contributed by atoms with Crippen molar-refractivity contribution in [2.45, 2.75) is 63.6 Å². The van der Waals surface area contributed by atoms with Gasteiger partial charge < -0.3 is 30.2 Å². The van der Waals surface area contributed by atoms with Crippen molar-refractivity contribution in [2.24, 2.45) is 0 Å². The number of phenols is 1. The van der Waals surface area contributed by atoms with Crippen LogP contribution in [0.15, 0.2) is 65.3 Å². The summed E-state index contributed by atoms with van der Waals surface area (Å²) in [5.74, 6) is -0.730. The lowest BCUT2D eigenvalue weighted by atomic mass is 9.96. The van der Waals surface area contributed by atoms with Gasteiger partial charge in [-0.05, 0) is 63.4 Å². The monoisotopic (exact) mass is 565 g/mol. The van der Waals surface area contributed by atoms with Crippen molar-refractivity contribution in [1.29, 1.82) is 0 Å². The number of phenolic OH excluding ortho intramolecular Hbond substituents is 1. The van der Waals surface area contributed by atoms with Gasteiger partial charge in [0.2, 0.25) is 5.91 Å². The minimum atomic E-state index is -1.63. The highest BCUT2D eigenvalue weighted by Crippen LogP contribution is 2.40. The van der Waals surface area contributed by atoms with Gasteiger partial charge >= 0.3 is 0 Å². The van der Waals surface area contributed by atoms with Crippen LogP contribution in [0.3, 0.4) is 0 Å². The van der Waals surface area contributed by atoms with Gasteiger partial charge in [-0.1, -0.05) is 36.4 Å². The number of nitrogens with zero attached hydrogens (tertiary/aromatic N) is 1. The number of carbonyl (C=O) groups excluding carboxylic acids is 3. The fraction of sp³-hybridized carbons (Fsp3) is 0.367. The number of aliphatic hydroxyl groups is 1. The van der Waals surface area contributed by atoms with E-state index >= 15 is 0 Å². The molecular formula is C30H35N3O6S. The summed E-state index contributed by atoms with van der Waals surface area (Å²) in [5.41, 5.74) is 2.10. The van der Waals surface area contributed by atoms with E-state index in [1.807, 2.05) is 44.2 Å². The molecule has 4 N–H and O–H groups in total. The molecule has 0 bridgehead atoms. The van der Waals surface area contributed by atoms with Gasteiger partial charge in [0.05, 0.1) is 24.7 Å². The molecule has 40 heavy (non-hydrogen) atoms. The number of amides is 3. The lowest BCUT2D eigenvalue weighted by molar-refractivity contribution is -0.147. The van der Waals surface area contributed by atoms with Gasteiger partial charge in [0.15, 0.2) is 6.10 Å². The first-order valence-electron chi connectivity index (χ1n) is 13.1. The third-order valence-corrected chi connectivity index (χ3v) is 8.60. The van der Waals surface area contributed by atoms with Gasteiger partial charge in [0.1, 0.15) is 17.6 Å². The number of thioether (sulfide) groups is 1. The van der Waals surface area contributed by atoms with Crippen molar-refractivity contribution in [3.05, 3.63) is 88.9 Å². The summed E-state index contributed by atoms with van der Waals surface area (Å²) in [6.45, 7) is 7.31. The molecule has 9 nitrogen and oxygen atoms in total. The largest absolute Gasteiger partial charge is 0.507 e. The van der Waals surface area contributed by atoms with Crippen LogP contribution < -0.4 is 10.6 Å². The maximum absolute atomic E-state index is 13.8. The Kier molecular flexibility index (Phi) is 8.90. The lowest BCUT2D eigenvalue weighted by Gasteiger charge is -2.33. The molecular weight excluding hydrogens is 530 g/mol. The summed E-state index contributed by atoms with van der Waals surface area (Å²) in [4.78, 5) is 41.7. The van der Waals surface area contributed by atoms with Crippen molar-refractivity contribution < 1.29 is 29.0 Å². The van der Waals surface area contributed by atoms with Gasteiger partial charge in [-0.2, -0.15) is 0 Å². The van der Waals surface area contributed by atoms with Crippen LogP contribution in [0.4, 0.5) is 0 Å². The Hall–Kier alpha value is -3.76. The van der Waals surface area contributed by atoms with E-state index in [1.165, 1.54) is 22.9 Å². The molecule has 2 heterocycles. The predicted molar refractivity (Wildman–Crippen MR) is 153 cm³/mol. The Bertz CT molecular complexity index is 1360. The number of aliphatic hydroxyl groups excluding tert-OH is 1. The second kappa shape index (κ2) is 12.2. The van der Waals surface area contributed by atoms with Crippen LogP contribution >= 0.6 is 11.8 Å². The Morgan fingerprint density at radius 2 is 1.82 bits per heavy atom. The maximum Gasteiger partial charge on any atom is 0.254 e. The van der Waals surface area contributed by atoms with Gasteiger partial charge in [-0.25, -0.2) is 0 Å². The van der Waals surface area contributed by atoms with Crippen LogP contribution in [-0.4, -0.2) is 61.6 Å². The standard InChI is InChI=1S/C30H35N3O6S/c1-18-12-13-22(19(2)24(18)34)27(36)32-23(15-20-9-6-5-7-10-20)25(35)29(38)33-17-40-30(3,4)26(33)28(37)31-16-21-11-8-14-39-21/h5-14,23,25-26,34-35H,15-17H2,1-4H3,(H,31,37)(H,32,36)/t23?,25-,26+/m0/s1. The van der Waals surface area contributed by atoms with Gasteiger partial charge in [0, 0.05) is 15.9 Å². The van der Waals surface area contributed by atoms with Gasteiger partial charge in [-0.15, -0.1) is 11.8 Å². The fourth-order valence-electron chi connectivity index (χ4n) is 4.88. The van der Waals surface area contributed by atoms with Crippen LogP contribution in [0.2, 0.25) is 0 Å². The van der Waals surface area contributed by atoms with Gasteiger partial charge in [0.25, 0.3) is 11.8 Å². The number of benzene rings is 2. The number of hydrogen-bond acceptors (Lipinski definition) is 7. The summed E-state index contributed by atoms with van der Waals surface area (Å²) >= 11 is 1.44. The summed E-state index contributed by atoms with van der Waals surface area (Å²) in [5, 5.41) is 27.4. The van der Waals surface area contributed by atoms with E-state index in [2.05, 4.69) is 10.6 Å². The lowest BCUT2D eigenvalue weighted by Crippen LogP contribution is -2.58. The Balaban J connectivity index is 1.57. The molecule has 3 aromatic rings. The zero-order valence-corrected chi connectivity index (χ0v) is 23.8. The average molecular weight is 566 g/mol. The van der Waals surface area contributed by atoms with E-state index in [0.717, 1.165) is 5.56 Å². The van der Waals surface area contributed by atoms with Crippen LogP contribution in [0, 0.1) is 13.8 Å². The number of aryl methyl sites for hydroxylation is 1. The number of carbonyl (C=O) groups is 3. The molecule has 2 aromatic carbocycles. The first-order valence-corrected chi connectivity index (χ1v) is 14.0. The Morgan fingerprint density at radius 1 is 1.10 bits per heavy atom. The molecule has 3 atom stereocenters. The number of nitrogens with one attached hydrogen (secondary N) is 2. The highest BCUT2D eigenvalue weighted by molar-refractivity contribution is 8.00. The highest BCUT2D eigenvalue weighted by Gasteiger charge is 2.49. The van der Waals surface area contributed by atoms with E-state index < -0.39 is 34.7 Å². The third kappa shape index (κ3) is 6.34. The number of furan rings is 1. The second-order valence-electron chi connectivity index (χ2n) is 10.5. The van der Waals surface area contributed by atoms with E-state index in [0.29, 0.717) is 16.9 Å². The van der Waals surface area contributed by atoms with Gasteiger partial charge in [-0.3, -0.25) is 14.4 Å². The molecule has 0 spiro atoms. The van der Waals surface area contributed by atoms with E-state index in [1.54, 1.807) is 38.1 Å². The van der Waals surface area contributed by atoms with E-state index in [4.69, 9.17) is 4.42 Å². The van der Waals surface area contributed by atoms with Crippen LogP contribution in [-0.2, 0) is 22.6 Å². The minimum absolute atomic E-state index is 0.0172. The summed E-state index contributed by atoms with van der Waals surface area (Å²) < 4.78 is 4.68. The fourth-order valence-corrected chi connectivity index (χ4v) is 6.02. The molecule has 3 amide bonds. The zero-order chi connectivity index (χ0) is 29.0. The minimum Gasteiger partial charge on any atom is -0.507 e. The zero-order valence-electron chi connectivity index (χ0n) is 23.0. The molecule has 1 aliphatic heterocycles. The van der Waals surface area contributed by atoms with E-state index in [-0.39, 0.29) is 36.1 Å². The first-order chi connectivity index (χ1) is 19.0. The Labute approximate surface area is 237 Å². The third-order valence-electron chi connectivity index (χ3n) is 7.22. The first kappa shape index (κ1) is 29.2. The quantitative estimate of drug-likeness (QED) is 0.313. The van der Waals surface area contributed by atoms with Crippen molar-refractivity contribution in [3.8, 4) is 5.75 Å². The normalized spacial score (nSPS) is 17.7. The molecule has 1 saturated heterocycles. The SMILES string of the molecule is Cc1ccc(C(=O)NC(Cc2ccccc2)[C@H](O)C(=O)N2CSC(C)(C)[C@H]2C(=O)NCc2ccco2)c(C)c1O. The molecule has 4 rings (SSSR count). The average Bonchev–Trinajstić information content (AvgIpc) is 3.57. The molecule has 1 unspecified atom stereocenters. The summed E-state index contributed by atoms with van der Waals surface area (Å²) in [6, 6.07) is 14.1. The molecule has 0 aliphatic carbocycles. The van der Waals surface area contributed by atoms with Crippen LogP contribution in [0.1, 0.15) is 46.7 Å². The molecule has 10 heteroatoms. The topological polar surface area (TPSA) is 132 Å². The molecule has 212 valence electrons. The molecule has 0 saturated carbocycles. The maximum atomic E-state index is 13.8. The Morgan fingerprint density at radius 3 is 2.50 bits per heavy atom. The molecule has 1 fully saturated rings. The summed E-state index contributed by atoms with van der Waals surface area (Å²) in [6.07, 6.45) is 0.0677. The van der Waals surface area contributed by atoms with E-state index in [9.17, 15) is 24.6 Å². The highest BCUT2D eigenvalue weighted by atomic mass is 32.2. The van der Waals surface area contributed by atoms with Crippen molar-refractivity contribution >= 4 is 29.5 Å². The predicted octanol–water partition coefficient (Wildman–Crippen LogP) is 3.30. The number of aromatic hydroxyl groups is 1. The molecule has 0 radical (unpaired) electrons.